The van der Waals surface area contributed by atoms with Crippen molar-refractivity contribution < 1.29 is 9.90 Å². The van der Waals surface area contributed by atoms with Gasteiger partial charge in [0.25, 0.3) is 11.5 Å². The fourth-order valence-electron chi connectivity index (χ4n) is 1.40. The number of aryl methyl sites for hydroxylation is 1. The second-order valence-electron chi connectivity index (χ2n) is 3.57. The van der Waals surface area contributed by atoms with Crippen molar-refractivity contribution in [2.75, 3.05) is 0 Å². The molecule has 0 aliphatic carbocycles. The van der Waals surface area contributed by atoms with E-state index in [0.717, 1.165) is 4.57 Å². The van der Waals surface area contributed by atoms with Crippen molar-refractivity contribution in [1.29, 1.82) is 0 Å². The molecule has 2 aromatic rings. The van der Waals surface area contributed by atoms with Gasteiger partial charge in [-0.05, 0) is 6.92 Å². The van der Waals surface area contributed by atoms with Gasteiger partial charge in [-0.3, -0.25) is 14.2 Å². The van der Waals surface area contributed by atoms with Gasteiger partial charge in [0.05, 0.1) is 0 Å². The highest BCUT2D eigenvalue weighted by atomic mass is 16.3. The van der Waals surface area contributed by atoms with Crippen molar-refractivity contribution in [1.82, 2.24) is 24.3 Å². The average Bonchev–Trinajstić information content (AvgIpc) is 2.72. The topological polar surface area (TPSA) is 129 Å². The fraction of sp³-hybridized carbons (Fsp3) is 0.222. The van der Waals surface area contributed by atoms with Gasteiger partial charge in [-0.1, -0.05) is 0 Å². The van der Waals surface area contributed by atoms with Crippen LogP contribution in [0.1, 0.15) is 16.3 Å². The zero-order valence-corrected chi connectivity index (χ0v) is 9.65. The number of carbonyl (C=O) groups excluding carboxylic acids is 1. The monoisotopic (exact) mass is 250 g/mol. The maximum absolute atomic E-state index is 11.7. The van der Waals surface area contributed by atoms with Gasteiger partial charge in [0.1, 0.15) is 12.2 Å². The maximum atomic E-state index is 11.7. The quantitative estimate of drug-likeness (QED) is 0.665. The number of amides is 1. The molecule has 0 aliphatic rings. The third kappa shape index (κ3) is 1.71. The second kappa shape index (κ2) is 3.95. The van der Waals surface area contributed by atoms with E-state index < -0.39 is 22.9 Å². The molecule has 0 spiro atoms. The van der Waals surface area contributed by atoms with E-state index in [1.165, 1.54) is 18.1 Å². The normalized spacial score (nSPS) is 10.6. The van der Waals surface area contributed by atoms with Crippen LogP contribution >= 0.6 is 0 Å². The minimum absolute atomic E-state index is 0.0344. The third-order valence-electron chi connectivity index (χ3n) is 2.29. The van der Waals surface area contributed by atoms with E-state index in [1.54, 1.807) is 6.92 Å². The molecule has 94 valence electrons. The summed E-state index contributed by atoms with van der Waals surface area (Å²) >= 11 is 0. The van der Waals surface area contributed by atoms with Gasteiger partial charge < -0.3 is 10.8 Å². The standard InChI is InChI=1S/C9H10N6O3/c1-4-11-3-15(13-4)9-12-5(7(10)17)6(16)8(18)14(9)2/h3,16H,1-2H3,(H2,10,17). The smallest absolute Gasteiger partial charge is 0.297 e. The third-order valence-corrected chi connectivity index (χ3v) is 2.29. The minimum Gasteiger partial charge on any atom is -0.501 e. The number of hydrogen-bond acceptors (Lipinski definition) is 6. The Bertz CT molecular complexity index is 686. The van der Waals surface area contributed by atoms with Gasteiger partial charge in [0.15, 0.2) is 5.69 Å². The fourth-order valence-corrected chi connectivity index (χ4v) is 1.40. The summed E-state index contributed by atoms with van der Waals surface area (Å²) in [4.78, 5) is 30.5. The first kappa shape index (κ1) is 11.8. The Labute approximate surface area is 101 Å². The summed E-state index contributed by atoms with van der Waals surface area (Å²) in [5.41, 5.74) is 3.74. The number of hydrogen-bond donors (Lipinski definition) is 2. The van der Waals surface area contributed by atoms with Crippen molar-refractivity contribution in [2.24, 2.45) is 12.8 Å². The molecular formula is C9H10N6O3. The predicted molar refractivity (Wildman–Crippen MR) is 59.3 cm³/mol. The molecule has 1 amide bonds. The molecule has 2 rings (SSSR count). The first-order valence-electron chi connectivity index (χ1n) is 4.90. The van der Waals surface area contributed by atoms with Gasteiger partial charge in [-0.15, -0.1) is 5.10 Å². The van der Waals surface area contributed by atoms with E-state index in [-0.39, 0.29) is 5.95 Å². The van der Waals surface area contributed by atoms with Crippen molar-refractivity contribution in [3.05, 3.63) is 28.2 Å². The van der Waals surface area contributed by atoms with Gasteiger partial charge in [0.2, 0.25) is 11.7 Å². The van der Waals surface area contributed by atoms with Crippen LogP contribution in [0.15, 0.2) is 11.1 Å². The zero-order chi connectivity index (χ0) is 13.4. The highest BCUT2D eigenvalue weighted by molar-refractivity contribution is 5.93. The van der Waals surface area contributed by atoms with E-state index >= 15 is 0 Å². The molecule has 2 aromatic heterocycles. The van der Waals surface area contributed by atoms with Crippen molar-refractivity contribution in [3.63, 3.8) is 0 Å². The molecule has 2 heterocycles. The molecule has 3 N–H and O–H groups in total. The van der Waals surface area contributed by atoms with E-state index in [4.69, 9.17) is 5.73 Å². The predicted octanol–water partition coefficient (Wildman–Crippen LogP) is -1.53. The summed E-state index contributed by atoms with van der Waals surface area (Å²) in [6, 6.07) is 0. The summed E-state index contributed by atoms with van der Waals surface area (Å²) in [6.45, 7) is 1.66. The van der Waals surface area contributed by atoms with Crippen LogP contribution in [0.25, 0.3) is 5.95 Å². The molecular weight excluding hydrogens is 240 g/mol. The van der Waals surface area contributed by atoms with Crippen molar-refractivity contribution >= 4 is 5.91 Å². The Morgan fingerprint density at radius 3 is 2.67 bits per heavy atom. The lowest BCUT2D eigenvalue weighted by molar-refractivity contribution is 0.0992. The Morgan fingerprint density at radius 1 is 1.50 bits per heavy atom. The molecule has 0 radical (unpaired) electrons. The molecule has 0 aromatic carbocycles. The van der Waals surface area contributed by atoms with Gasteiger partial charge >= 0.3 is 0 Å². The number of aromatic hydroxyl groups is 1. The second-order valence-corrected chi connectivity index (χ2v) is 3.57. The van der Waals surface area contributed by atoms with Gasteiger partial charge in [-0.2, -0.15) is 4.68 Å². The molecule has 0 saturated carbocycles. The van der Waals surface area contributed by atoms with Crippen LogP contribution in [0, 0.1) is 6.92 Å². The van der Waals surface area contributed by atoms with Crippen LogP contribution in [0.4, 0.5) is 0 Å². The van der Waals surface area contributed by atoms with E-state index in [0.29, 0.717) is 5.82 Å². The van der Waals surface area contributed by atoms with Crippen molar-refractivity contribution in [2.45, 2.75) is 6.92 Å². The first-order valence-corrected chi connectivity index (χ1v) is 4.90. The summed E-state index contributed by atoms with van der Waals surface area (Å²) in [7, 11) is 1.38. The highest BCUT2D eigenvalue weighted by Gasteiger charge is 2.19. The Balaban J connectivity index is 2.76. The zero-order valence-electron chi connectivity index (χ0n) is 9.65. The lowest BCUT2D eigenvalue weighted by atomic mass is 10.3. The number of aromatic nitrogens is 5. The SMILES string of the molecule is Cc1ncn(-c2nc(C(N)=O)c(O)c(=O)n2C)n1. The summed E-state index contributed by atoms with van der Waals surface area (Å²) in [6.07, 6.45) is 1.33. The van der Waals surface area contributed by atoms with E-state index in [2.05, 4.69) is 15.1 Å². The lowest BCUT2D eigenvalue weighted by Gasteiger charge is -2.08. The molecule has 0 saturated heterocycles. The minimum atomic E-state index is -0.997. The maximum Gasteiger partial charge on any atom is 0.297 e. The van der Waals surface area contributed by atoms with Crippen LogP contribution in [0.5, 0.6) is 5.75 Å². The van der Waals surface area contributed by atoms with Crippen LogP contribution in [-0.4, -0.2) is 35.3 Å². The van der Waals surface area contributed by atoms with Crippen molar-refractivity contribution in [3.8, 4) is 11.7 Å². The lowest BCUT2D eigenvalue weighted by Crippen LogP contribution is -2.27. The van der Waals surface area contributed by atoms with Crippen LogP contribution in [0.3, 0.4) is 0 Å². The molecule has 0 bridgehead atoms. The Morgan fingerprint density at radius 2 is 2.17 bits per heavy atom. The molecule has 9 nitrogen and oxygen atoms in total. The summed E-state index contributed by atoms with van der Waals surface area (Å²) in [5.74, 6) is -1.28. The average molecular weight is 250 g/mol. The van der Waals surface area contributed by atoms with Crippen LogP contribution in [0.2, 0.25) is 0 Å². The molecule has 18 heavy (non-hydrogen) atoms. The molecule has 0 aliphatic heterocycles. The Kier molecular flexibility index (Phi) is 2.58. The first-order chi connectivity index (χ1) is 8.41. The number of carbonyl (C=O) groups is 1. The largest absolute Gasteiger partial charge is 0.501 e. The number of primary amides is 1. The Hall–Kier alpha value is -2.71. The van der Waals surface area contributed by atoms with E-state index in [9.17, 15) is 14.7 Å². The van der Waals surface area contributed by atoms with E-state index in [1.807, 2.05) is 0 Å². The molecule has 9 heteroatoms. The van der Waals surface area contributed by atoms with Gasteiger partial charge in [-0.25, -0.2) is 9.97 Å². The number of rotatable bonds is 2. The molecule has 0 unspecified atom stereocenters. The number of nitrogens with zero attached hydrogens (tertiary/aromatic N) is 5. The van der Waals surface area contributed by atoms with Crippen LogP contribution in [-0.2, 0) is 7.05 Å². The highest BCUT2D eigenvalue weighted by Crippen LogP contribution is 2.10. The summed E-state index contributed by atoms with van der Waals surface area (Å²) < 4.78 is 2.25. The van der Waals surface area contributed by atoms with Crippen LogP contribution < -0.4 is 11.3 Å². The molecule has 0 atom stereocenters. The summed E-state index contributed by atoms with van der Waals surface area (Å²) in [5, 5.41) is 13.4. The number of nitrogens with two attached hydrogens (primary N) is 1. The molecule has 0 fully saturated rings. The van der Waals surface area contributed by atoms with Gasteiger partial charge in [0, 0.05) is 7.05 Å².